The summed E-state index contributed by atoms with van der Waals surface area (Å²) in [5.74, 6) is 1.45. The van der Waals surface area contributed by atoms with Crippen LogP contribution in [-0.4, -0.2) is 65.2 Å². The third-order valence-electron chi connectivity index (χ3n) is 7.20. The van der Waals surface area contributed by atoms with Gasteiger partial charge in [0.05, 0.1) is 5.69 Å². The predicted molar refractivity (Wildman–Crippen MR) is 128 cm³/mol. The SMILES string of the molecule is COCOc1cc(Cl)ccc1-c1ccc(N(C)C2C[C@]3(C)CC[C@](C)(C2)N3B(C)O)nn1. The van der Waals surface area contributed by atoms with E-state index in [1.165, 1.54) is 0 Å². The van der Waals surface area contributed by atoms with Gasteiger partial charge >= 0.3 is 7.05 Å². The van der Waals surface area contributed by atoms with E-state index in [0.29, 0.717) is 22.5 Å². The smallest absolute Gasteiger partial charge is 0.377 e. The van der Waals surface area contributed by atoms with Crippen molar-refractivity contribution in [2.24, 2.45) is 0 Å². The van der Waals surface area contributed by atoms with E-state index in [1.54, 1.807) is 13.2 Å². The van der Waals surface area contributed by atoms with Crippen LogP contribution in [0.4, 0.5) is 5.82 Å². The summed E-state index contributed by atoms with van der Waals surface area (Å²) in [6.07, 6.45) is 4.17. The first kappa shape index (κ1) is 23.3. The normalized spacial score (nSPS) is 27.4. The fourth-order valence-electron chi connectivity index (χ4n) is 5.89. The molecule has 2 aliphatic heterocycles. The minimum absolute atomic E-state index is 0.00957. The van der Waals surface area contributed by atoms with Crippen LogP contribution < -0.4 is 9.64 Å². The van der Waals surface area contributed by atoms with E-state index < -0.39 is 7.05 Å². The van der Waals surface area contributed by atoms with Crippen molar-refractivity contribution in [3.63, 3.8) is 0 Å². The molecule has 1 N–H and O–H groups in total. The van der Waals surface area contributed by atoms with E-state index in [0.717, 1.165) is 37.1 Å². The molecule has 1 aromatic carbocycles. The number of benzene rings is 1. The van der Waals surface area contributed by atoms with Gasteiger partial charge in [0.2, 0.25) is 0 Å². The molecule has 0 saturated carbocycles. The molecule has 9 heteroatoms. The quantitative estimate of drug-likeness (QED) is 0.494. The van der Waals surface area contributed by atoms with Gasteiger partial charge in [-0.25, -0.2) is 0 Å². The average Bonchev–Trinajstić information content (AvgIpc) is 2.93. The molecule has 3 heterocycles. The molecule has 4 rings (SSSR count). The molecule has 3 atom stereocenters. The van der Waals surface area contributed by atoms with Crippen molar-refractivity contribution in [3.05, 3.63) is 35.4 Å². The molecular weight excluding hydrogens is 427 g/mol. The number of hydrogen-bond acceptors (Lipinski definition) is 7. The van der Waals surface area contributed by atoms with Crippen LogP contribution in [0.5, 0.6) is 5.75 Å². The number of piperidine rings is 1. The van der Waals surface area contributed by atoms with Gasteiger partial charge in [0.1, 0.15) is 5.75 Å². The molecule has 0 aliphatic carbocycles. The van der Waals surface area contributed by atoms with Crippen molar-refractivity contribution >= 4 is 24.5 Å². The first-order valence-electron chi connectivity index (χ1n) is 11.1. The highest BCUT2D eigenvalue weighted by atomic mass is 35.5. The largest absolute Gasteiger partial charge is 0.467 e. The molecule has 172 valence electrons. The van der Waals surface area contributed by atoms with Crippen LogP contribution >= 0.6 is 11.6 Å². The minimum Gasteiger partial charge on any atom is -0.467 e. The summed E-state index contributed by atoms with van der Waals surface area (Å²) in [5, 5.41) is 20.0. The van der Waals surface area contributed by atoms with Crippen LogP contribution in [0.25, 0.3) is 11.3 Å². The molecule has 2 saturated heterocycles. The molecule has 32 heavy (non-hydrogen) atoms. The summed E-state index contributed by atoms with van der Waals surface area (Å²) in [5.41, 5.74) is 1.51. The van der Waals surface area contributed by atoms with Crippen molar-refractivity contribution in [2.45, 2.75) is 63.5 Å². The standard InChI is InChI=1S/C23H32BClN4O3/c1-22-10-11-23(2,29(22)24(3)30)14-17(13-22)28(4)21-9-8-19(26-27-21)18-7-6-16(25)12-20(18)32-15-31-5/h6-9,12,17,30H,10-11,13-15H2,1-5H3/t17?,22-,23+. The zero-order valence-electron chi connectivity index (χ0n) is 19.5. The monoisotopic (exact) mass is 458 g/mol. The number of aromatic nitrogens is 2. The lowest BCUT2D eigenvalue weighted by molar-refractivity contribution is 0.0515. The zero-order valence-corrected chi connectivity index (χ0v) is 20.3. The van der Waals surface area contributed by atoms with E-state index in [4.69, 9.17) is 21.1 Å². The molecule has 2 bridgehead atoms. The lowest BCUT2D eigenvalue weighted by Gasteiger charge is -2.53. The van der Waals surface area contributed by atoms with Gasteiger partial charge in [-0.2, -0.15) is 0 Å². The highest BCUT2D eigenvalue weighted by Crippen LogP contribution is 2.51. The third kappa shape index (κ3) is 4.21. The molecule has 2 fully saturated rings. The van der Waals surface area contributed by atoms with E-state index in [2.05, 4.69) is 40.8 Å². The Hall–Kier alpha value is -1.87. The Morgan fingerprint density at radius 2 is 1.88 bits per heavy atom. The topological polar surface area (TPSA) is 71.0 Å². The molecule has 0 radical (unpaired) electrons. The Balaban J connectivity index is 1.55. The van der Waals surface area contributed by atoms with E-state index in [1.807, 2.05) is 31.1 Å². The second-order valence-corrected chi connectivity index (χ2v) is 10.1. The Kier molecular flexibility index (Phi) is 6.42. The van der Waals surface area contributed by atoms with Crippen molar-refractivity contribution in [2.75, 3.05) is 25.9 Å². The molecule has 1 aromatic heterocycles. The summed E-state index contributed by atoms with van der Waals surface area (Å²) in [6.45, 7) is 6.57. The van der Waals surface area contributed by atoms with Crippen LogP contribution in [-0.2, 0) is 4.74 Å². The molecule has 0 spiro atoms. The van der Waals surface area contributed by atoms with Gasteiger partial charge in [0.15, 0.2) is 12.6 Å². The van der Waals surface area contributed by atoms with Gasteiger partial charge < -0.3 is 24.2 Å². The van der Waals surface area contributed by atoms with Crippen LogP contribution in [0.15, 0.2) is 30.3 Å². The summed E-state index contributed by atoms with van der Waals surface area (Å²) >= 11 is 6.13. The summed E-state index contributed by atoms with van der Waals surface area (Å²) < 4.78 is 10.7. The maximum Gasteiger partial charge on any atom is 0.377 e. The highest BCUT2D eigenvalue weighted by molar-refractivity contribution is 6.45. The van der Waals surface area contributed by atoms with E-state index in [-0.39, 0.29) is 17.9 Å². The van der Waals surface area contributed by atoms with Crippen molar-refractivity contribution in [1.82, 2.24) is 15.0 Å². The Labute approximate surface area is 195 Å². The number of ether oxygens (including phenoxy) is 2. The number of nitrogens with zero attached hydrogens (tertiary/aromatic N) is 4. The Bertz CT molecular complexity index is 943. The van der Waals surface area contributed by atoms with Crippen LogP contribution in [0.3, 0.4) is 0 Å². The number of methoxy groups -OCH3 is 1. The fourth-order valence-corrected chi connectivity index (χ4v) is 6.05. The Morgan fingerprint density at radius 1 is 1.19 bits per heavy atom. The summed E-state index contributed by atoms with van der Waals surface area (Å²) in [6, 6.07) is 9.75. The predicted octanol–water partition coefficient (Wildman–Crippen LogP) is 4.10. The molecule has 1 unspecified atom stereocenters. The van der Waals surface area contributed by atoms with E-state index in [9.17, 15) is 5.02 Å². The second-order valence-electron chi connectivity index (χ2n) is 9.64. The zero-order chi connectivity index (χ0) is 23.1. The molecule has 2 aliphatic rings. The number of rotatable bonds is 7. The second kappa shape index (κ2) is 8.82. The fraction of sp³-hybridized carbons (Fsp3) is 0.565. The van der Waals surface area contributed by atoms with Gasteiger partial charge in [0, 0.05) is 41.9 Å². The minimum atomic E-state index is -0.438. The number of fused-ring (bicyclic) bond motifs is 2. The number of halogens is 1. The lowest BCUT2D eigenvalue weighted by Crippen LogP contribution is -2.65. The van der Waals surface area contributed by atoms with Crippen LogP contribution in [0.1, 0.15) is 39.5 Å². The summed E-state index contributed by atoms with van der Waals surface area (Å²) in [4.78, 5) is 4.56. The molecule has 7 nitrogen and oxygen atoms in total. The number of anilines is 1. The molecule has 2 aromatic rings. The van der Waals surface area contributed by atoms with Crippen LogP contribution in [0, 0.1) is 0 Å². The van der Waals surface area contributed by atoms with Crippen molar-refractivity contribution < 1.29 is 14.5 Å². The number of hydrogen-bond donors (Lipinski definition) is 1. The lowest BCUT2D eigenvalue weighted by atomic mass is 9.70. The Morgan fingerprint density at radius 3 is 2.44 bits per heavy atom. The maximum absolute atomic E-state index is 10.4. The van der Waals surface area contributed by atoms with Gasteiger partial charge in [-0.05, 0) is 76.7 Å². The molecule has 0 amide bonds. The average molecular weight is 459 g/mol. The first-order chi connectivity index (χ1) is 15.2. The van der Waals surface area contributed by atoms with Gasteiger partial charge in [-0.15, -0.1) is 10.2 Å². The van der Waals surface area contributed by atoms with Gasteiger partial charge in [-0.3, -0.25) is 0 Å². The van der Waals surface area contributed by atoms with E-state index >= 15 is 0 Å². The van der Waals surface area contributed by atoms with Crippen molar-refractivity contribution in [1.29, 1.82) is 0 Å². The van der Waals surface area contributed by atoms with Crippen molar-refractivity contribution in [3.8, 4) is 17.0 Å². The van der Waals surface area contributed by atoms with Crippen LogP contribution in [0.2, 0.25) is 11.8 Å². The highest BCUT2D eigenvalue weighted by Gasteiger charge is 2.57. The van der Waals surface area contributed by atoms with Gasteiger partial charge in [0.25, 0.3) is 0 Å². The third-order valence-corrected chi connectivity index (χ3v) is 7.44. The first-order valence-corrected chi connectivity index (χ1v) is 11.5. The summed E-state index contributed by atoms with van der Waals surface area (Å²) in [7, 11) is 3.23. The van der Waals surface area contributed by atoms with Gasteiger partial charge in [-0.1, -0.05) is 11.6 Å². The molecular formula is C23H32BClN4O3. The maximum atomic E-state index is 10.4.